The Balaban J connectivity index is 1.70. The van der Waals surface area contributed by atoms with E-state index in [0.29, 0.717) is 17.3 Å². The van der Waals surface area contributed by atoms with Crippen LogP contribution in [0.4, 0.5) is 11.4 Å². The Labute approximate surface area is 146 Å². The number of hydrogen-bond donors (Lipinski definition) is 1. The predicted molar refractivity (Wildman–Crippen MR) is 96.5 cm³/mol. The number of carbonyl (C=O) groups is 2. The summed E-state index contributed by atoms with van der Waals surface area (Å²) in [6.45, 7) is 4.28. The van der Waals surface area contributed by atoms with Gasteiger partial charge in [-0.25, -0.2) is 0 Å². The minimum absolute atomic E-state index is 0.0253. The molecule has 4 nitrogen and oxygen atoms in total. The van der Waals surface area contributed by atoms with E-state index in [0.717, 1.165) is 16.8 Å². The van der Waals surface area contributed by atoms with Crippen molar-refractivity contribution in [2.75, 3.05) is 16.8 Å². The highest BCUT2D eigenvalue weighted by Crippen LogP contribution is 2.27. The number of anilines is 2. The summed E-state index contributed by atoms with van der Waals surface area (Å²) in [6, 6.07) is 13.1. The van der Waals surface area contributed by atoms with Gasteiger partial charge in [-0.2, -0.15) is 0 Å². The molecule has 1 fully saturated rings. The molecule has 0 spiro atoms. The van der Waals surface area contributed by atoms with Crippen LogP contribution in [0.15, 0.2) is 42.5 Å². The molecule has 2 amide bonds. The molecule has 1 saturated heterocycles. The van der Waals surface area contributed by atoms with E-state index in [1.807, 2.05) is 50.2 Å². The zero-order valence-corrected chi connectivity index (χ0v) is 14.4. The van der Waals surface area contributed by atoms with Crippen LogP contribution in [0, 0.1) is 19.8 Å². The van der Waals surface area contributed by atoms with Crippen LogP contribution >= 0.6 is 11.6 Å². The van der Waals surface area contributed by atoms with Gasteiger partial charge in [-0.1, -0.05) is 29.8 Å². The molecule has 1 aliphatic rings. The summed E-state index contributed by atoms with van der Waals surface area (Å²) >= 11 is 6.08. The van der Waals surface area contributed by atoms with Crippen LogP contribution in [0.25, 0.3) is 0 Å². The molecule has 0 aromatic heterocycles. The number of benzene rings is 2. The van der Waals surface area contributed by atoms with Gasteiger partial charge in [0, 0.05) is 29.4 Å². The third-order valence-electron chi connectivity index (χ3n) is 4.25. The molecular weight excluding hydrogens is 324 g/mol. The van der Waals surface area contributed by atoms with Gasteiger partial charge in [-0.05, 0) is 49.2 Å². The Hall–Kier alpha value is -2.33. The third-order valence-corrected chi connectivity index (χ3v) is 4.66. The van der Waals surface area contributed by atoms with Crippen molar-refractivity contribution in [2.45, 2.75) is 20.3 Å². The molecule has 1 atom stereocenters. The molecular formula is C19H19ClN2O2. The zero-order chi connectivity index (χ0) is 17.3. The highest BCUT2D eigenvalue weighted by molar-refractivity contribution is 6.31. The van der Waals surface area contributed by atoms with Crippen LogP contribution in [0.1, 0.15) is 17.5 Å². The molecule has 2 aromatic carbocycles. The molecule has 0 saturated carbocycles. The van der Waals surface area contributed by atoms with Crippen LogP contribution in [-0.4, -0.2) is 18.4 Å². The van der Waals surface area contributed by atoms with Crippen molar-refractivity contribution in [3.05, 3.63) is 58.6 Å². The molecule has 0 bridgehead atoms. The molecule has 24 heavy (non-hydrogen) atoms. The standard InChI is InChI=1S/C19H19ClN2O2/c1-12-4-3-5-16(8-12)22-11-14(9-18(22)23)19(24)21-15-7-6-13(2)17(20)10-15/h3-8,10,14H,9,11H2,1-2H3,(H,21,24)/t14-/m0/s1. The second-order valence-electron chi connectivity index (χ2n) is 6.20. The van der Waals surface area contributed by atoms with E-state index in [4.69, 9.17) is 11.6 Å². The van der Waals surface area contributed by atoms with Gasteiger partial charge in [0.15, 0.2) is 0 Å². The third kappa shape index (κ3) is 3.44. The van der Waals surface area contributed by atoms with Crippen molar-refractivity contribution in [3.63, 3.8) is 0 Å². The van der Waals surface area contributed by atoms with E-state index < -0.39 is 0 Å². The van der Waals surface area contributed by atoms with Crippen LogP contribution < -0.4 is 10.2 Å². The summed E-state index contributed by atoms with van der Waals surface area (Å²) in [7, 11) is 0. The minimum Gasteiger partial charge on any atom is -0.326 e. The molecule has 5 heteroatoms. The van der Waals surface area contributed by atoms with Gasteiger partial charge in [-0.15, -0.1) is 0 Å². The molecule has 124 valence electrons. The van der Waals surface area contributed by atoms with E-state index >= 15 is 0 Å². The van der Waals surface area contributed by atoms with E-state index in [1.54, 1.807) is 11.0 Å². The van der Waals surface area contributed by atoms with Gasteiger partial charge in [0.2, 0.25) is 11.8 Å². The lowest BCUT2D eigenvalue weighted by atomic mass is 10.1. The topological polar surface area (TPSA) is 49.4 Å². The Kier molecular flexibility index (Phi) is 4.58. The number of hydrogen-bond acceptors (Lipinski definition) is 2. The van der Waals surface area contributed by atoms with Crippen molar-refractivity contribution >= 4 is 34.8 Å². The Bertz CT molecular complexity index is 804. The molecule has 1 aliphatic heterocycles. The maximum atomic E-state index is 12.5. The maximum Gasteiger partial charge on any atom is 0.229 e. The van der Waals surface area contributed by atoms with Gasteiger partial charge in [0.05, 0.1) is 5.92 Å². The van der Waals surface area contributed by atoms with Crippen LogP contribution in [0.2, 0.25) is 5.02 Å². The lowest BCUT2D eigenvalue weighted by Crippen LogP contribution is -2.28. The van der Waals surface area contributed by atoms with Crippen LogP contribution in [0.5, 0.6) is 0 Å². The quantitative estimate of drug-likeness (QED) is 0.918. The molecule has 0 aliphatic carbocycles. The normalized spacial score (nSPS) is 17.2. The predicted octanol–water partition coefficient (Wildman–Crippen LogP) is 3.95. The highest BCUT2D eigenvalue weighted by atomic mass is 35.5. The number of nitrogens with one attached hydrogen (secondary N) is 1. The number of rotatable bonds is 3. The highest BCUT2D eigenvalue weighted by Gasteiger charge is 2.35. The molecule has 0 radical (unpaired) electrons. The first-order valence-electron chi connectivity index (χ1n) is 7.88. The van der Waals surface area contributed by atoms with E-state index in [2.05, 4.69) is 5.32 Å². The number of nitrogens with zero attached hydrogens (tertiary/aromatic N) is 1. The van der Waals surface area contributed by atoms with Gasteiger partial charge in [0.1, 0.15) is 0 Å². The van der Waals surface area contributed by atoms with Crippen molar-refractivity contribution in [1.29, 1.82) is 0 Å². The lowest BCUT2D eigenvalue weighted by molar-refractivity contribution is -0.122. The first kappa shape index (κ1) is 16.5. The van der Waals surface area contributed by atoms with E-state index in [9.17, 15) is 9.59 Å². The number of aryl methyl sites for hydroxylation is 2. The van der Waals surface area contributed by atoms with Gasteiger partial charge in [-0.3, -0.25) is 9.59 Å². The minimum atomic E-state index is -0.363. The smallest absolute Gasteiger partial charge is 0.229 e. The summed E-state index contributed by atoms with van der Waals surface area (Å²) in [5.41, 5.74) is 3.53. The number of amides is 2. The average Bonchev–Trinajstić information content (AvgIpc) is 2.93. The Morgan fingerprint density at radius 3 is 2.71 bits per heavy atom. The van der Waals surface area contributed by atoms with Crippen molar-refractivity contribution in [2.24, 2.45) is 5.92 Å². The fourth-order valence-corrected chi connectivity index (χ4v) is 3.02. The Morgan fingerprint density at radius 1 is 1.21 bits per heavy atom. The summed E-state index contributed by atoms with van der Waals surface area (Å²) in [5.74, 6) is -0.542. The van der Waals surface area contributed by atoms with Crippen LogP contribution in [0.3, 0.4) is 0 Å². The molecule has 3 rings (SSSR count). The van der Waals surface area contributed by atoms with Crippen molar-refractivity contribution in [1.82, 2.24) is 0 Å². The average molecular weight is 343 g/mol. The monoisotopic (exact) mass is 342 g/mol. The summed E-state index contributed by atoms with van der Waals surface area (Å²) < 4.78 is 0. The summed E-state index contributed by atoms with van der Waals surface area (Å²) in [6.07, 6.45) is 0.222. The van der Waals surface area contributed by atoms with E-state index in [-0.39, 0.29) is 24.2 Å². The van der Waals surface area contributed by atoms with Crippen LogP contribution in [-0.2, 0) is 9.59 Å². The summed E-state index contributed by atoms with van der Waals surface area (Å²) in [4.78, 5) is 26.4. The maximum absolute atomic E-state index is 12.5. The van der Waals surface area contributed by atoms with Gasteiger partial charge >= 0.3 is 0 Å². The number of carbonyl (C=O) groups excluding carboxylic acids is 2. The Morgan fingerprint density at radius 2 is 2.00 bits per heavy atom. The second-order valence-corrected chi connectivity index (χ2v) is 6.60. The second kappa shape index (κ2) is 6.65. The SMILES string of the molecule is Cc1cccc(N2C[C@@H](C(=O)Nc3ccc(C)c(Cl)c3)CC2=O)c1. The zero-order valence-electron chi connectivity index (χ0n) is 13.7. The first-order chi connectivity index (χ1) is 11.4. The molecule has 1 N–H and O–H groups in total. The van der Waals surface area contributed by atoms with Crippen molar-refractivity contribution in [3.8, 4) is 0 Å². The first-order valence-corrected chi connectivity index (χ1v) is 8.26. The lowest BCUT2D eigenvalue weighted by Gasteiger charge is -2.17. The summed E-state index contributed by atoms with van der Waals surface area (Å²) in [5, 5.41) is 3.46. The fourth-order valence-electron chi connectivity index (χ4n) is 2.84. The fraction of sp³-hybridized carbons (Fsp3) is 0.263. The molecule has 1 heterocycles. The molecule has 0 unspecified atom stereocenters. The number of halogens is 1. The molecule has 2 aromatic rings. The van der Waals surface area contributed by atoms with Gasteiger partial charge < -0.3 is 10.2 Å². The largest absolute Gasteiger partial charge is 0.326 e. The van der Waals surface area contributed by atoms with Crippen molar-refractivity contribution < 1.29 is 9.59 Å². The van der Waals surface area contributed by atoms with Gasteiger partial charge in [0.25, 0.3) is 0 Å². The van der Waals surface area contributed by atoms with E-state index in [1.165, 1.54) is 0 Å².